The van der Waals surface area contributed by atoms with Gasteiger partial charge in [-0.05, 0) is 140 Å². The molecule has 13 rings (SSSR count). The molecule has 3 heteroatoms. The van der Waals surface area contributed by atoms with Crippen molar-refractivity contribution in [3.8, 4) is 44.5 Å². The van der Waals surface area contributed by atoms with Gasteiger partial charge in [0.1, 0.15) is 11.2 Å². The van der Waals surface area contributed by atoms with Gasteiger partial charge in [-0.3, -0.25) is 0 Å². The lowest BCUT2D eigenvalue weighted by atomic mass is 9.99. The highest BCUT2D eigenvalue weighted by Crippen LogP contribution is 2.46. The lowest BCUT2D eigenvalue weighted by molar-refractivity contribution is 0.670. The molecule has 0 aliphatic rings. The van der Waals surface area contributed by atoms with Crippen molar-refractivity contribution in [3.63, 3.8) is 0 Å². The van der Waals surface area contributed by atoms with Gasteiger partial charge in [0, 0.05) is 44.6 Å². The minimum atomic E-state index is 0.861. The molecular weight excluding hydrogens is 861 g/mol. The summed E-state index contributed by atoms with van der Waals surface area (Å²) >= 11 is 0. The fraction of sp³-hybridized carbons (Fsp3) is 0. The van der Waals surface area contributed by atoms with Gasteiger partial charge in [0.2, 0.25) is 0 Å². The lowest BCUT2D eigenvalue weighted by Crippen LogP contribution is -2.11. The van der Waals surface area contributed by atoms with Crippen LogP contribution in [0.3, 0.4) is 0 Å². The van der Waals surface area contributed by atoms with Gasteiger partial charge in [-0.25, -0.2) is 0 Å². The van der Waals surface area contributed by atoms with Crippen molar-refractivity contribution in [1.82, 2.24) is 0 Å². The summed E-state index contributed by atoms with van der Waals surface area (Å²) in [6.07, 6.45) is 0. The zero-order chi connectivity index (χ0) is 47.1. The molecule has 0 fully saturated rings. The second-order valence-electron chi connectivity index (χ2n) is 18.1. The second-order valence-corrected chi connectivity index (χ2v) is 18.1. The first-order chi connectivity index (χ1) is 35.2. The number of para-hydroxylation sites is 2. The predicted octanol–water partition coefficient (Wildman–Crippen LogP) is 19.5. The lowest BCUT2D eigenvalue weighted by Gasteiger charge is -2.28. The van der Waals surface area contributed by atoms with Crippen LogP contribution < -0.4 is 9.80 Å². The third kappa shape index (κ3) is 7.86. The van der Waals surface area contributed by atoms with Gasteiger partial charge in [0.15, 0.2) is 0 Å². The fourth-order valence-electron chi connectivity index (χ4n) is 10.3. The molecule has 0 saturated carbocycles. The van der Waals surface area contributed by atoms with E-state index in [2.05, 4.69) is 289 Å². The molecule has 1 heterocycles. The first kappa shape index (κ1) is 41.7. The van der Waals surface area contributed by atoms with Gasteiger partial charge in [-0.15, -0.1) is 0 Å². The van der Waals surface area contributed by atoms with Gasteiger partial charge in [0.25, 0.3) is 0 Å². The number of fused-ring (bicyclic) bond motifs is 5. The van der Waals surface area contributed by atoms with Crippen LogP contribution >= 0.6 is 0 Å². The van der Waals surface area contributed by atoms with Crippen molar-refractivity contribution in [3.05, 3.63) is 279 Å². The Labute approximate surface area is 413 Å². The van der Waals surface area contributed by atoms with E-state index in [4.69, 9.17) is 4.42 Å². The van der Waals surface area contributed by atoms with Gasteiger partial charge in [-0.1, -0.05) is 194 Å². The molecule has 13 aromatic rings. The number of benzene rings is 12. The summed E-state index contributed by atoms with van der Waals surface area (Å²) in [7, 11) is 0. The van der Waals surface area contributed by atoms with Crippen LogP contribution in [0.1, 0.15) is 0 Å². The standard InChI is InChI=1S/C68H46N2O/c1-5-18-47(19-6-1)49-32-36-57(37-33-49)69(65-30-15-13-28-61(65)50-22-9-3-10-23-50)59-38-34-53-43-63-64-44-54-35-39-60(42-56(54)46-68(64)71-67(63)45-55(53)41-59)70(58-27-17-26-52(40-58)48-20-7-2-8-21-48)66-31-16-14-29-62(66)51-24-11-4-12-25-51/h1-46H. The largest absolute Gasteiger partial charge is 0.456 e. The van der Waals surface area contributed by atoms with Gasteiger partial charge >= 0.3 is 0 Å². The van der Waals surface area contributed by atoms with E-state index in [-0.39, 0.29) is 0 Å². The van der Waals surface area contributed by atoms with Crippen molar-refractivity contribution >= 4 is 77.6 Å². The smallest absolute Gasteiger partial charge is 0.136 e. The molecule has 0 spiro atoms. The van der Waals surface area contributed by atoms with E-state index in [1.54, 1.807) is 0 Å². The molecule has 0 unspecified atom stereocenters. The maximum Gasteiger partial charge on any atom is 0.136 e. The Bertz CT molecular complexity index is 4030. The quantitative estimate of drug-likeness (QED) is 0.136. The molecule has 334 valence electrons. The third-order valence-electron chi connectivity index (χ3n) is 13.8. The van der Waals surface area contributed by atoms with Crippen LogP contribution in [0, 0.1) is 0 Å². The van der Waals surface area contributed by atoms with Crippen LogP contribution in [-0.4, -0.2) is 0 Å². The fourth-order valence-corrected chi connectivity index (χ4v) is 10.3. The number of hydrogen-bond donors (Lipinski definition) is 0. The number of hydrogen-bond acceptors (Lipinski definition) is 3. The highest BCUT2D eigenvalue weighted by molar-refractivity contribution is 6.14. The summed E-state index contributed by atoms with van der Waals surface area (Å²) in [5.41, 5.74) is 17.6. The molecule has 0 radical (unpaired) electrons. The highest BCUT2D eigenvalue weighted by Gasteiger charge is 2.21. The molecule has 0 atom stereocenters. The summed E-state index contributed by atoms with van der Waals surface area (Å²) in [5, 5.41) is 6.72. The van der Waals surface area contributed by atoms with Crippen LogP contribution in [0.5, 0.6) is 0 Å². The summed E-state index contributed by atoms with van der Waals surface area (Å²) in [6, 6.07) is 100. The van der Waals surface area contributed by atoms with Crippen molar-refractivity contribution in [2.45, 2.75) is 0 Å². The predicted molar refractivity (Wildman–Crippen MR) is 300 cm³/mol. The highest BCUT2D eigenvalue weighted by atomic mass is 16.3. The molecule has 0 N–H and O–H groups in total. The van der Waals surface area contributed by atoms with E-state index in [0.717, 1.165) is 94.3 Å². The van der Waals surface area contributed by atoms with Crippen molar-refractivity contribution in [2.75, 3.05) is 9.80 Å². The van der Waals surface area contributed by atoms with Gasteiger partial charge in [0.05, 0.1) is 11.4 Å². The Hall–Kier alpha value is -9.44. The van der Waals surface area contributed by atoms with Gasteiger partial charge in [-0.2, -0.15) is 0 Å². The van der Waals surface area contributed by atoms with Crippen LogP contribution in [0.15, 0.2) is 283 Å². The molecule has 1 aromatic heterocycles. The van der Waals surface area contributed by atoms with Crippen molar-refractivity contribution < 1.29 is 4.42 Å². The van der Waals surface area contributed by atoms with E-state index < -0.39 is 0 Å². The first-order valence-corrected chi connectivity index (χ1v) is 24.2. The molecular formula is C68H46N2O. The minimum Gasteiger partial charge on any atom is -0.456 e. The summed E-state index contributed by atoms with van der Waals surface area (Å²) in [4.78, 5) is 4.77. The molecule has 0 saturated heterocycles. The van der Waals surface area contributed by atoms with E-state index in [0.29, 0.717) is 0 Å². The average molecular weight is 907 g/mol. The van der Waals surface area contributed by atoms with Crippen molar-refractivity contribution in [2.24, 2.45) is 0 Å². The van der Waals surface area contributed by atoms with Crippen molar-refractivity contribution in [1.29, 1.82) is 0 Å². The Balaban J connectivity index is 0.923. The van der Waals surface area contributed by atoms with E-state index in [1.807, 2.05) is 0 Å². The van der Waals surface area contributed by atoms with Crippen LogP contribution in [-0.2, 0) is 0 Å². The molecule has 0 aliphatic heterocycles. The molecule has 0 bridgehead atoms. The summed E-state index contributed by atoms with van der Waals surface area (Å²) in [6.45, 7) is 0. The topological polar surface area (TPSA) is 19.6 Å². The zero-order valence-corrected chi connectivity index (χ0v) is 38.9. The normalized spacial score (nSPS) is 11.4. The minimum absolute atomic E-state index is 0.861. The molecule has 71 heavy (non-hydrogen) atoms. The Morgan fingerprint density at radius 3 is 1.11 bits per heavy atom. The van der Waals surface area contributed by atoms with Gasteiger partial charge < -0.3 is 14.2 Å². The van der Waals surface area contributed by atoms with Crippen LogP contribution in [0.2, 0.25) is 0 Å². The van der Waals surface area contributed by atoms with E-state index >= 15 is 0 Å². The SMILES string of the molecule is c1ccc(-c2ccc(N(c3ccc4cc5c(cc4c3)oc3cc4cc(N(c6cccc(-c7ccccc7)c6)c6ccccc6-c6ccccc6)ccc4cc35)c3ccccc3-c3ccccc3)cc2)cc1. The molecule has 12 aromatic carbocycles. The maximum absolute atomic E-state index is 6.85. The number of furan rings is 1. The van der Waals surface area contributed by atoms with E-state index in [9.17, 15) is 0 Å². The second kappa shape index (κ2) is 17.9. The summed E-state index contributed by atoms with van der Waals surface area (Å²) in [5.74, 6) is 0. The molecule has 3 nitrogen and oxygen atoms in total. The molecule has 0 aliphatic carbocycles. The first-order valence-electron chi connectivity index (χ1n) is 24.2. The number of rotatable bonds is 10. The maximum atomic E-state index is 6.85. The van der Waals surface area contributed by atoms with E-state index in [1.165, 1.54) is 27.8 Å². The van der Waals surface area contributed by atoms with Crippen LogP contribution in [0.4, 0.5) is 34.1 Å². The van der Waals surface area contributed by atoms with Crippen LogP contribution in [0.25, 0.3) is 88.0 Å². The Morgan fingerprint density at radius 1 is 0.225 bits per heavy atom. The number of anilines is 6. The Kier molecular flexibility index (Phi) is 10.5. The average Bonchev–Trinajstić information content (AvgIpc) is 3.79. The zero-order valence-electron chi connectivity index (χ0n) is 38.9. The third-order valence-corrected chi connectivity index (χ3v) is 13.8. The summed E-state index contributed by atoms with van der Waals surface area (Å²) < 4.78 is 6.85. The Morgan fingerprint density at radius 2 is 0.606 bits per heavy atom. The molecule has 0 amide bonds. The monoisotopic (exact) mass is 906 g/mol. The number of nitrogens with zero attached hydrogens (tertiary/aromatic N) is 2.